The molecular formula is C22H19N5O3. The van der Waals surface area contributed by atoms with Crippen LogP contribution in [0.15, 0.2) is 76.7 Å². The lowest BCUT2D eigenvalue weighted by Gasteiger charge is -2.14. The highest BCUT2D eigenvalue weighted by molar-refractivity contribution is 5.92. The van der Waals surface area contributed by atoms with Crippen LogP contribution in [0.4, 0.5) is 5.69 Å². The third-order valence-corrected chi connectivity index (χ3v) is 4.80. The van der Waals surface area contributed by atoms with Crippen LogP contribution in [-0.2, 0) is 17.9 Å². The molecule has 0 bridgehead atoms. The summed E-state index contributed by atoms with van der Waals surface area (Å²) in [5.41, 5.74) is 1.71. The molecule has 0 radical (unpaired) electrons. The van der Waals surface area contributed by atoms with Crippen molar-refractivity contribution in [1.82, 2.24) is 19.1 Å². The monoisotopic (exact) mass is 401 g/mol. The van der Waals surface area contributed by atoms with Crippen LogP contribution in [-0.4, -0.2) is 25.0 Å². The van der Waals surface area contributed by atoms with Crippen LogP contribution in [0.5, 0.6) is 0 Å². The van der Waals surface area contributed by atoms with Crippen molar-refractivity contribution in [3.05, 3.63) is 99.1 Å². The smallest absolute Gasteiger partial charge is 0.324 e. The van der Waals surface area contributed by atoms with Crippen LogP contribution < -0.4 is 16.6 Å². The molecule has 0 aliphatic rings. The maximum absolute atomic E-state index is 13.2. The Kier molecular flexibility index (Phi) is 5.21. The Morgan fingerprint density at radius 1 is 0.967 bits per heavy atom. The van der Waals surface area contributed by atoms with Gasteiger partial charge < -0.3 is 5.32 Å². The first-order chi connectivity index (χ1) is 14.5. The highest BCUT2D eigenvalue weighted by atomic mass is 16.2. The zero-order valence-corrected chi connectivity index (χ0v) is 16.3. The number of pyridine rings is 2. The number of hydrogen-bond acceptors (Lipinski definition) is 5. The van der Waals surface area contributed by atoms with Crippen molar-refractivity contribution in [2.24, 2.45) is 0 Å². The number of amides is 1. The molecule has 1 amide bonds. The van der Waals surface area contributed by atoms with Gasteiger partial charge >= 0.3 is 5.69 Å². The summed E-state index contributed by atoms with van der Waals surface area (Å²) in [6.07, 6.45) is 4.67. The number of carbonyl (C=O) groups is 1. The van der Waals surface area contributed by atoms with Crippen LogP contribution in [0.25, 0.3) is 11.0 Å². The second-order valence-corrected chi connectivity index (χ2v) is 6.85. The molecular weight excluding hydrogens is 382 g/mol. The predicted octanol–water partition coefficient (Wildman–Crippen LogP) is 1.95. The first-order valence-electron chi connectivity index (χ1n) is 9.37. The Balaban J connectivity index is 1.77. The van der Waals surface area contributed by atoms with Crippen LogP contribution in [0, 0.1) is 6.92 Å². The minimum absolute atomic E-state index is 0.0616. The van der Waals surface area contributed by atoms with Gasteiger partial charge in [0.1, 0.15) is 6.54 Å². The number of rotatable bonds is 5. The Morgan fingerprint density at radius 3 is 2.50 bits per heavy atom. The highest BCUT2D eigenvalue weighted by Crippen LogP contribution is 2.13. The summed E-state index contributed by atoms with van der Waals surface area (Å²) < 4.78 is 2.37. The van der Waals surface area contributed by atoms with Crippen molar-refractivity contribution in [1.29, 1.82) is 0 Å². The molecule has 3 heterocycles. The molecule has 1 N–H and O–H groups in total. The normalized spacial score (nSPS) is 10.8. The van der Waals surface area contributed by atoms with Gasteiger partial charge in [0.2, 0.25) is 5.91 Å². The van der Waals surface area contributed by atoms with Gasteiger partial charge in [-0.1, -0.05) is 18.2 Å². The first-order valence-corrected chi connectivity index (χ1v) is 9.37. The summed E-state index contributed by atoms with van der Waals surface area (Å²) in [6.45, 7) is 1.70. The topological polar surface area (TPSA) is 98.9 Å². The molecule has 4 aromatic rings. The molecule has 0 saturated carbocycles. The summed E-state index contributed by atoms with van der Waals surface area (Å²) in [6, 6.07) is 14.1. The summed E-state index contributed by atoms with van der Waals surface area (Å²) in [4.78, 5) is 46.9. The Hall–Kier alpha value is -4.07. The van der Waals surface area contributed by atoms with Crippen molar-refractivity contribution in [2.75, 3.05) is 5.32 Å². The molecule has 0 aliphatic carbocycles. The van der Waals surface area contributed by atoms with Gasteiger partial charge in [-0.3, -0.25) is 23.7 Å². The fraction of sp³-hybridized carbons (Fsp3) is 0.136. The number of fused-ring (bicyclic) bond motifs is 1. The van der Waals surface area contributed by atoms with Crippen molar-refractivity contribution >= 4 is 22.6 Å². The average molecular weight is 401 g/mol. The number of para-hydroxylation sites is 1. The summed E-state index contributed by atoms with van der Waals surface area (Å²) >= 11 is 0. The molecule has 30 heavy (non-hydrogen) atoms. The number of anilines is 1. The third kappa shape index (κ3) is 3.75. The molecule has 0 atom stereocenters. The zero-order chi connectivity index (χ0) is 21.1. The van der Waals surface area contributed by atoms with Gasteiger partial charge in [0.05, 0.1) is 12.1 Å². The number of hydrogen-bond donors (Lipinski definition) is 1. The summed E-state index contributed by atoms with van der Waals surface area (Å²) in [5.74, 6) is -0.370. The zero-order valence-electron chi connectivity index (χ0n) is 16.3. The van der Waals surface area contributed by atoms with Crippen LogP contribution in [0.2, 0.25) is 0 Å². The second kappa shape index (κ2) is 8.12. The van der Waals surface area contributed by atoms with Gasteiger partial charge in [0.25, 0.3) is 5.56 Å². The molecule has 0 unspecified atom stereocenters. The molecule has 1 aromatic carbocycles. The number of aromatic nitrogens is 4. The standard InChI is InChI=1S/C22H19N5O3/c1-15-5-2-3-6-17(15)25-19(28)14-26-18-7-4-10-24-20(18)21(29)27(22(26)30)13-16-8-11-23-12-9-16/h2-12H,13-14H2,1H3,(H,25,28). The van der Waals surface area contributed by atoms with Crippen molar-refractivity contribution in [2.45, 2.75) is 20.0 Å². The minimum Gasteiger partial charge on any atom is -0.324 e. The van der Waals surface area contributed by atoms with Gasteiger partial charge in [0.15, 0.2) is 5.52 Å². The number of carbonyl (C=O) groups excluding carboxylic acids is 1. The van der Waals surface area contributed by atoms with E-state index in [1.165, 1.54) is 10.8 Å². The van der Waals surface area contributed by atoms with E-state index >= 15 is 0 Å². The van der Waals surface area contributed by atoms with Gasteiger partial charge in [0, 0.05) is 24.3 Å². The van der Waals surface area contributed by atoms with E-state index in [2.05, 4.69) is 15.3 Å². The Bertz CT molecular complexity index is 1340. The molecule has 0 aliphatic heterocycles. The maximum atomic E-state index is 13.2. The SMILES string of the molecule is Cc1ccccc1NC(=O)Cn1c(=O)n(Cc2ccncc2)c(=O)c2ncccc21. The van der Waals surface area contributed by atoms with E-state index in [0.29, 0.717) is 11.2 Å². The minimum atomic E-state index is -0.572. The van der Waals surface area contributed by atoms with Crippen LogP contribution >= 0.6 is 0 Å². The lowest BCUT2D eigenvalue weighted by atomic mass is 10.2. The third-order valence-electron chi connectivity index (χ3n) is 4.80. The number of nitrogens with zero attached hydrogens (tertiary/aromatic N) is 4. The fourth-order valence-corrected chi connectivity index (χ4v) is 3.25. The number of aryl methyl sites for hydroxylation is 1. The quantitative estimate of drug-likeness (QED) is 0.551. The van der Waals surface area contributed by atoms with E-state index in [1.54, 1.807) is 42.7 Å². The van der Waals surface area contributed by atoms with Crippen LogP contribution in [0.1, 0.15) is 11.1 Å². The van der Waals surface area contributed by atoms with E-state index in [0.717, 1.165) is 15.7 Å². The molecule has 0 spiro atoms. The molecule has 4 rings (SSSR count). The molecule has 0 fully saturated rings. The van der Waals surface area contributed by atoms with Gasteiger partial charge in [-0.2, -0.15) is 0 Å². The van der Waals surface area contributed by atoms with E-state index in [-0.39, 0.29) is 24.5 Å². The van der Waals surface area contributed by atoms with Gasteiger partial charge in [-0.15, -0.1) is 0 Å². The molecule has 150 valence electrons. The summed E-state index contributed by atoms with van der Waals surface area (Å²) in [5, 5.41) is 2.82. The van der Waals surface area contributed by atoms with Crippen molar-refractivity contribution in [3.8, 4) is 0 Å². The van der Waals surface area contributed by atoms with Crippen molar-refractivity contribution in [3.63, 3.8) is 0 Å². The average Bonchev–Trinajstić information content (AvgIpc) is 2.76. The molecule has 8 nitrogen and oxygen atoms in total. The fourth-order valence-electron chi connectivity index (χ4n) is 3.25. The Labute approximate surface area is 171 Å². The summed E-state index contributed by atoms with van der Waals surface area (Å²) in [7, 11) is 0. The largest absolute Gasteiger partial charge is 0.332 e. The van der Waals surface area contributed by atoms with E-state index in [1.807, 2.05) is 25.1 Å². The van der Waals surface area contributed by atoms with Gasteiger partial charge in [-0.25, -0.2) is 9.78 Å². The highest BCUT2D eigenvalue weighted by Gasteiger charge is 2.16. The predicted molar refractivity (Wildman–Crippen MR) is 113 cm³/mol. The maximum Gasteiger partial charge on any atom is 0.332 e. The van der Waals surface area contributed by atoms with Crippen molar-refractivity contribution < 1.29 is 4.79 Å². The van der Waals surface area contributed by atoms with Gasteiger partial charge in [-0.05, 0) is 48.4 Å². The number of nitrogens with one attached hydrogen (secondary N) is 1. The molecule has 0 saturated heterocycles. The van der Waals surface area contributed by atoms with E-state index in [4.69, 9.17) is 0 Å². The molecule has 8 heteroatoms. The van der Waals surface area contributed by atoms with E-state index < -0.39 is 11.2 Å². The van der Waals surface area contributed by atoms with Crippen LogP contribution in [0.3, 0.4) is 0 Å². The molecule has 3 aromatic heterocycles. The van der Waals surface area contributed by atoms with E-state index in [9.17, 15) is 14.4 Å². The number of benzene rings is 1. The Morgan fingerprint density at radius 2 is 1.73 bits per heavy atom. The lowest BCUT2D eigenvalue weighted by molar-refractivity contribution is -0.116. The second-order valence-electron chi connectivity index (χ2n) is 6.85. The first kappa shape index (κ1) is 19.3. The lowest BCUT2D eigenvalue weighted by Crippen LogP contribution is -2.42.